The zero-order chi connectivity index (χ0) is 21.3. The number of amides is 2. The monoisotopic (exact) mass is 430 g/mol. The molecule has 1 aliphatic carbocycles. The third kappa shape index (κ3) is 4.18. The van der Waals surface area contributed by atoms with E-state index in [-0.39, 0.29) is 22.7 Å². The van der Waals surface area contributed by atoms with Crippen LogP contribution in [0.15, 0.2) is 18.2 Å². The van der Waals surface area contributed by atoms with Crippen molar-refractivity contribution in [3.8, 4) is 17.4 Å². The third-order valence-electron chi connectivity index (χ3n) is 5.50. The Hall–Kier alpha value is -2.87. The van der Waals surface area contributed by atoms with Gasteiger partial charge < -0.3 is 19.3 Å². The van der Waals surface area contributed by atoms with Crippen molar-refractivity contribution in [3.63, 3.8) is 0 Å². The smallest absolute Gasteiger partial charge is 0.415 e. The fourth-order valence-electron chi connectivity index (χ4n) is 3.84. The van der Waals surface area contributed by atoms with Crippen LogP contribution in [0.25, 0.3) is 0 Å². The molecule has 1 aliphatic heterocycles. The number of benzene rings is 1. The zero-order valence-corrected chi connectivity index (χ0v) is 17.7. The summed E-state index contributed by atoms with van der Waals surface area (Å²) in [5, 5.41) is 7.97. The van der Waals surface area contributed by atoms with Gasteiger partial charge in [0.25, 0.3) is 5.88 Å². The van der Waals surface area contributed by atoms with Gasteiger partial charge in [-0.1, -0.05) is 23.7 Å². The molecule has 8 nitrogen and oxygen atoms in total. The molecule has 1 fully saturated rings. The lowest BCUT2D eigenvalue weighted by Gasteiger charge is -2.33. The van der Waals surface area contributed by atoms with Crippen LogP contribution >= 0.6 is 11.6 Å². The topological polar surface area (TPSA) is 84.9 Å². The van der Waals surface area contributed by atoms with Crippen LogP contribution in [-0.2, 0) is 17.6 Å². The molecule has 0 N–H and O–H groups in total. The van der Waals surface area contributed by atoms with Crippen LogP contribution < -0.4 is 9.47 Å². The summed E-state index contributed by atoms with van der Waals surface area (Å²) in [5.41, 5.74) is 3.40. The summed E-state index contributed by atoms with van der Waals surface area (Å²) in [4.78, 5) is 27.4. The van der Waals surface area contributed by atoms with Gasteiger partial charge in [-0.15, -0.1) is 10.2 Å². The molecule has 0 spiro atoms. The number of halogens is 1. The third-order valence-corrected chi connectivity index (χ3v) is 5.69. The summed E-state index contributed by atoms with van der Waals surface area (Å²) in [6.07, 6.45) is 2.49. The highest BCUT2D eigenvalue weighted by Gasteiger charge is 2.26. The van der Waals surface area contributed by atoms with E-state index < -0.39 is 6.09 Å². The van der Waals surface area contributed by atoms with Crippen molar-refractivity contribution in [2.75, 3.05) is 26.2 Å². The molecule has 0 radical (unpaired) electrons. The van der Waals surface area contributed by atoms with Crippen molar-refractivity contribution >= 4 is 23.6 Å². The second-order valence-corrected chi connectivity index (χ2v) is 7.89. The minimum absolute atomic E-state index is 0.00502. The lowest BCUT2D eigenvalue weighted by Crippen LogP contribution is -2.50. The first-order chi connectivity index (χ1) is 14.4. The van der Waals surface area contributed by atoms with Gasteiger partial charge in [-0.2, -0.15) is 0 Å². The second kappa shape index (κ2) is 8.47. The maximum Gasteiger partial charge on any atom is 0.415 e. The van der Waals surface area contributed by atoms with E-state index >= 15 is 0 Å². The summed E-state index contributed by atoms with van der Waals surface area (Å²) in [5.74, 6) is 0.936. The summed E-state index contributed by atoms with van der Waals surface area (Å²) in [6.45, 7) is 5.22. The number of carbonyl (C=O) groups is 2. The van der Waals surface area contributed by atoms with Crippen molar-refractivity contribution < 1.29 is 19.1 Å². The molecule has 0 bridgehead atoms. The summed E-state index contributed by atoms with van der Waals surface area (Å²) < 4.78 is 11.7. The maximum absolute atomic E-state index is 12.7. The van der Waals surface area contributed by atoms with Crippen LogP contribution in [0.3, 0.4) is 0 Å². The lowest BCUT2D eigenvalue weighted by molar-refractivity contribution is -0.130. The van der Waals surface area contributed by atoms with Crippen LogP contribution in [0.1, 0.15) is 30.0 Å². The van der Waals surface area contributed by atoms with E-state index in [2.05, 4.69) is 16.3 Å². The molecular formula is C21H23ClN4O4. The summed E-state index contributed by atoms with van der Waals surface area (Å²) in [7, 11) is 0. The number of piperazine rings is 1. The molecule has 0 unspecified atom stereocenters. The highest BCUT2D eigenvalue weighted by molar-refractivity contribution is 6.29. The Kier molecular flexibility index (Phi) is 5.76. The number of fused-ring (bicyclic) bond motifs is 1. The van der Waals surface area contributed by atoms with Gasteiger partial charge in [0, 0.05) is 39.2 Å². The Morgan fingerprint density at radius 1 is 1.07 bits per heavy atom. The van der Waals surface area contributed by atoms with Gasteiger partial charge in [0.1, 0.15) is 5.75 Å². The minimum Gasteiger partial charge on any atom is -0.434 e. The molecule has 1 aromatic carbocycles. The quantitative estimate of drug-likeness (QED) is 0.742. The highest BCUT2D eigenvalue weighted by atomic mass is 35.5. The fraction of sp³-hybridized carbons (Fsp3) is 0.429. The Balaban J connectivity index is 1.53. The van der Waals surface area contributed by atoms with Crippen LogP contribution in [0.4, 0.5) is 4.79 Å². The molecule has 30 heavy (non-hydrogen) atoms. The normalized spacial score (nSPS) is 15.7. The van der Waals surface area contributed by atoms with Crippen LogP contribution in [0.5, 0.6) is 17.4 Å². The first-order valence-electron chi connectivity index (χ1n) is 9.97. The molecule has 1 aromatic heterocycles. The maximum atomic E-state index is 12.7. The molecule has 0 atom stereocenters. The van der Waals surface area contributed by atoms with Gasteiger partial charge in [0.2, 0.25) is 5.91 Å². The van der Waals surface area contributed by atoms with Gasteiger partial charge in [-0.25, -0.2) is 4.79 Å². The lowest BCUT2D eigenvalue weighted by atomic mass is 10.1. The van der Waals surface area contributed by atoms with Crippen molar-refractivity contribution in [2.24, 2.45) is 0 Å². The van der Waals surface area contributed by atoms with Gasteiger partial charge in [-0.05, 0) is 42.9 Å². The van der Waals surface area contributed by atoms with Gasteiger partial charge in [-0.3, -0.25) is 4.79 Å². The molecule has 9 heteroatoms. The van der Waals surface area contributed by atoms with E-state index in [1.165, 1.54) is 18.6 Å². The predicted octanol–water partition coefficient (Wildman–Crippen LogP) is 3.38. The minimum atomic E-state index is -0.540. The van der Waals surface area contributed by atoms with Crippen LogP contribution in [0, 0.1) is 6.92 Å². The number of nitrogens with zero attached hydrogens (tertiary/aromatic N) is 4. The number of aryl methyl sites for hydroxylation is 2. The van der Waals surface area contributed by atoms with Gasteiger partial charge in [0.05, 0.1) is 0 Å². The largest absolute Gasteiger partial charge is 0.434 e. The Morgan fingerprint density at radius 2 is 1.80 bits per heavy atom. The molecule has 1 saturated heterocycles. The van der Waals surface area contributed by atoms with Crippen LogP contribution in [-0.4, -0.2) is 58.2 Å². The number of hydrogen-bond acceptors (Lipinski definition) is 6. The second-order valence-electron chi connectivity index (χ2n) is 7.50. The average Bonchev–Trinajstić information content (AvgIpc) is 3.20. The number of carbonyl (C=O) groups excluding carboxylic acids is 2. The molecule has 2 aliphatic rings. The first kappa shape index (κ1) is 20.4. The molecule has 2 heterocycles. The van der Waals surface area contributed by atoms with E-state index in [4.69, 9.17) is 21.1 Å². The Morgan fingerprint density at radius 3 is 2.53 bits per heavy atom. The van der Waals surface area contributed by atoms with Crippen molar-refractivity contribution in [3.05, 3.63) is 40.0 Å². The molecule has 2 aromatic rings. The molecule has 0 saturated carbocycles. The van der Waals surface area contributed by atoms with E-state index in [9.17, 15) is 9.59 Å². The van der Waals surface area contributed by atoms with Crippen molar-refractivity contribution in [1.29, 1.82) is 0 Å². The zero-order valence-electron chi connectivity index (χ0n) is 17.0. The molecule has 158 valence electrons. The molecule has 2 amide bonds. The predicted molar refractivity (Wildman–Crippen MR) is 110 cm³/mol. The number of hydrogen-bond donors (Lipinski definition) is 0. The standard InChI is InChI=1S/C21H23ClN4O4/c1-13-6-7-15-4-3-5-16(15)19(13)30-20-17(12-18(22)23-24-20)29-21(28)26-10-8-25(9-11-26)14(2)27/h6-7,12H,3-5,8-11H2,1-2H3. The van der Waals surface area contributed by atoms with Crippen molar-refractivity contribution in [1.82, 2.24) is 20.0 Å². The average molecular weight is 431 g/mol. The number of aromatic nitrogens is 2. The van der Waals surface area contributed by atoms with Gasteiger partial charge >= 0.3 is 6.09 Å². The Bertz CT molecular complexity index is 989. The molecular weight excluding hydrogens is 408 g/mol. The molecule has 4 rings (SSSR count). The number of rotatable bonds is 3. The summed E-state index contributed by atoms with van der Waals surface area (Å²) in [6, 6.07) is 5.56. The number of ether oxygens (including phenoxy) is 2. The SMILES string of the molecule is CC(=O)N1CCN(C(=O)Oc2cc(Cl)nnc2Oc2c(C)ccc3c2CCC3)CC1. The highest BCUT2D eigenvalue weighted by Crippen LogP contribution is 2.38. The first-order valence-corrected chi connectivity index (χ1v) is 10.3. The Labute approximate surface area is 179 Å². The van der Waals surface area contributed by atoms with Crippen LogP contribution in [0.2, 0.25) is 5.15 Å². The summed E-state index contributed by atoms with van der Waals surface area (Å²) >= 11 is 5.99. The van der Waals surface area contributed by atoms with Gasteiger partial charge in [0.15, 0.2) is 10.9 Å². The van der Waals surface area contributed by atoms with E-state index in [1.807, 2.05) is 13.0 Å². The van der Waals surface area contributed by atoms with Crippen molar-refractivity contribution in [2.45, 2.75) is 33.1 Å². The fourth-order valence-corrected chi connectivity index (χ4v) is 3.97. The van der Waals surface area contributed by atoms with E-state index in [0.717, 1.165) is 36.1 Å². The van der Waals surface area contributed by atoms with E-state index in [1.54, 1.807) is 9.80 Å². The van der Waals surface area contributed by atoms with E-state index in [0.29, 0.717) is 26.2 Å².